The fraction of sp³-hybridized carbons (Fsp3) is 0.519. The number of nitrogens with zero attached hydrogens (tertiary/aromatic N) is 4. The maximum absolute atomic E-state index is 14.4. The number of nitrogens with one attached hydrogen (secondary N) is 3. The van der Waals surface area contributed by atoms with E-state index in [9.17, 15) is 14.0 Å². The third kappa shape index (κ3) is 4.43. The van der Waals surface area contributed by atoms with E-state index in [0.29, 0.717) is 37.5 Å². The lowest BCUT2D eigenvalue weighted by atomic mass is 9.85. The zero-order valence-electron chi connectivity index (χ0n) is 21.6. The van der Waals surface area contributed by atoms with Crippen LogP contribution < -0.4 is 10.1 Å². The molecule has 3 aromatic heterocycles. The molecule has 1 saturated heterocycles. The highest BCUT2D eigenvalue weighted by atomic mass is 19.1. The number of aromatic amines is 2. The van der Waals surface area contributed by atoms with Gasteiger partial charge in [0.15, 0.2) is 11.5 Å². The molecule has 3 aliphatic rings. The third-order valence-corrected chi connectivity index (χ3v) is 8.49. The lowest BCUT2D eigenvalue weighted by Gasteiger charge is -2.39. The maximum Gasteiger partial charge on any atom is 0.274 e. The van der Waals surface area contributed by atoms with Crippen molar-refractivity contribution in [3.8, 4) is 17.1 Å². The lowest BCUT2D eigenvalue weighted by Crippen LogP contribution is -2.51. The van der Waals surface area contributed by atoms with Crippen molar-refractivity contribution in [3.05, 3.63) is 46.8 Å². The van der Waals surface area contributed by atoms with Crippen molar-refractivity contribution in [1.29, 1.82) is 0 Å². The van der Waals surface area contributed by atoms with Gasteiger partial charge in [0.1, 0.15) is 0 Å². The van der Waals surface area contributed by atoms with Crippen LogP contribution in [0.4, 0.5) is 4.39 Å². The van der Waals surface area contributed by atoms with Gasteiger partial charge in [0.2, 0.25) is 11.8 Å². The molecule has 3 N–H and O–H groups in total. The Morgan fingerprint density at radius 1 is 1.24 bits per heavy atom. The number of pyridine rings is 1. The summed E-state index contributed by atoms with van der Waals surface area (Å²) in [5.41, 5.74) is 4.13. The molecule has 2 fully saturated rings. The number of aryl methyl sites for hydroxylation is 2. The SMILES string of the molecule is COc1cc(-c2cc(C(=O)N3CC[C@H](C(=O)NC[C@@H]4CCc5[nH]nc(C)c5C4)CC34CC4)n[nH]2)c(F)cn1. The summed E-state index contributed by atoms with van der Waals surface area (Å²) in [6.45, 7) is 3.19. The van der Waals surface area contributed by atoms with Crippen LogP contribution in [0.25, 0.3) is 11.3 Å². The second-order valence-corrected chi connectivity index (χ2v) is 10.9. The van der Waals surface area contributed by atoms with E-state index >= 15 is 0 Å². The average Bonchev–Trinajstić information content (AvgIpc) is 3.34. The number of carbonyl (C=O) groups excluding carboxylic acids is 2. The molecular formula is C27H32FN7O3. The number of amides is 2. The number of hydrogen-bond donors (Lipinski definition) is 3. The normalized spacial score (nSPS) is 21.7. The van der Waals surface area contributed by atoms with Crippen molar-refractivity contribution in [2.45, 2.75) is 57.4 Å². The highest BCUT2D eigenvalue weighted by Crippen LogP contribution is 2.50. The summed E-state index contributed by atoms with van der Waals surface area (Å²) in [7, 11) is 1.46. The van der Waals surface area contributed by atoms with Gasteiger partial charge in [0.05, 0.1) is 24.7 Å². The van der Waals surface area contributed by atoms with Crippen molar-refractivity contribution in [3.63, 3.8) is 0 Å². The first-order chi connectivity index (χ1) is 18.4. The fourth-order valence-corrected chi connectivity index (χ4v) is 6.08. The van der Waals surface area contributed by atoms with E-state index in [0.717, 1.165) is 44.0 Å². The maximum atomic E-state index is 14.4. The third-order valence-electron chi connectivity index (χ3n) is 8.49. The van der Waals surface area contributed by atoms with Crippen LogP contribution in [0.2, 0.25) is 0 Å². The van der Waals surface area contributed by atoms with Crippen LogP contribution in [-0.2, 0) is 17.6 Å². The number of ether oxygens (including phenoxy) is 1. The molecular weight excluding hydrogens is 489 g/mol. The lowest BCUT2D eigenvalue weighted by molar-refractivity contribution is -0.127. The minimum absolute atomic E-state index is 0.0854. The Kier molecular flexibility index (Phi) is 6.16. The van der Waals surface area contributed by atoms with Crippen LogP contribution in [0.1, 0.15) is 59.5 Å². The van der Waals surface area contributed by atoms with Crippen molar-refractivity contribution < 1.29 is 18.7 Å². The van der Waals surface area contributed by atoms with E-state index in [1.165, 1.54) is 24.4 Å². The van der Waals surface area contributed by atoms with E-state index in [1.54, 1.807) is 6.07 Å². The Labute approximate surface area is 219 Å². The van der Waals surface area contributed by atoms with E-state index in [-0.39, 0.29) is 40.4 Å². The molecule has 200 valence electrons. The first-order valence-electron chi connectivity index (χ1n) is 13.2. The van der Waals surface area contributed by atoms with Crippen LogP contribution in [0.5, 0.6) is 5.88 Å². The Morgan fingerprint density at radius 2 is 2.08 bits per heavy atom. The molecule has 1 aliphatic heterocycles. The first-order valence-corrected chi connectivity index (χ1v) is 13.2. The predicted molar refractivity (Wildman–Crippen MR) is 136 cm³/mol. The molecule has 10 nitrogen and oxygen atoms in total. The zero-order valence-corrected chi connectivity index (χ0v) is 21.6. The second kappa shape index (κ2) is 9.52. The molecule has 2 amide bonds. The largest absolute Gasteiger partial charge is 0.481 e. The van der Waals surface area contributed by atoms with Crippen molar-refractivity contribution in [2.75, 3.05) is 20.2 Å². The molecule has 1 saturated carbocycles. The Balaban J connectivity index is 1.07. The Morgan fingerprint density at radius 3 is 2.87 bits per heavy atom. The molecule has 38 heavy (non-hydrogen) atoms. The summed E-state index contributed by atoms with van der Waals surface area (Å²) in [5, 5.41) is 17.6. The zero-order chi connectivity index (χ0) is 26.4. The monoisotopic (exact) mass is 521 g/mol. The molecule has 3 aromatic rings. The molecule has 1 spiro atoms. The van der Waals surface area contributed by atoms with Gasteiger partial charge in [0.25, 0.3) is 5.91 Å². The molecule has 6 rings (SSSR count). The van der Waals surface area contributed by atoms with Crippen LogP contribution in [0.3, 0.4) is 0 Å². The van der Waals surface area contributed by atoms with Gasteiger partial charge in [-0.05, 0) is 69.4 Å². The number of rotatable bonds is 6. The molecule has 0 bridgehead atoms. The molecule has 0 radical (unpaired) electrons. The van der Waals surface area contributed by atoms with Gasteiger partial charge in [-0.3, -0.25) is 19.8 Å². The number of piperidine rings is 1. The summed E-state index contributed by atoms with van der Waals surface area (Å²) < 4.78 is 19.4. The van der Waals surface area contributed by atoms with Crippen LogP contribution in [-0.4, -0.2) is 67.8 Å². The number of likely N-dealkylation sites (tertiary alicyclic amines) is 1. The quantitative estimate of drug-likeness (QED) is 0.458. The van der Waals surface area contributed by atoms with Crippen molar-refractivity contribution >= 4 is 11.8 Å². The van der Waals surface area contributed by atoms with Crippen LogP contribution in [0, 0.1) is 24.6 Å². The number of aromatic nitrogens is 5. The Bertz CT molecular complexity index is 1380. The fourth-order valence-electron chi connectivity index (χ4n) is 6.08. The van der Waals surface area contributed by atoms with E-state index in [2.05, 4.69) is 30.7 Å². The van der Waals surface area contributed by atoms with E-state index in [1.807, 2.05) is 11.8 Å². The van der Waals surface area contributed by atoms with E-state index < -0.39 is 5.82 Å². The molecule has 4 heterocycles. The van der Waals surface area contributed by atoms with Crippen molar-refractivity contribution in [1.82, 2.24) is 35.6 Å². The first kappa shape index (κ1) is 24.6. The van der Waals surface area contributed by atoms with Crippen LogP contribution in [0.15, 0.2) is 18.3 Å². The molecule has 0 aromatic carbocycles. The standard InChI is InChI=1S/C27H32FN7O3/c1-15-18-9-16(3-4-21(18)32-31-15)13-30-25(36)17-5-8-35(27(12-17)6-7-27)26(37)23-11-22(33-34-23)19-10-24(38-2)29-14-20(19)28/h10-11,14,16-17H,3-9,12-13H2,1-2H3,(H,30,36)(H,31,32)(H,33,34)/t16-,17+/m1/s1. The molecule has 2 atom stereocenters. The summed E-state index contributed by atoms with van der Waals surface area (Å²) in [5.74, 6) is -0.0672. The minimum Gasteiger partial charge on any atom is -0.481 e. The topological polar surface area (TPSA) is 129 Å². The highest BCUT2D eigenvalue weighted by molar-refractivity contribution is 5.94. The average molecular weight is 522 g/mol. The van der Waals surface area contributed by atoms with Gasteiger partial charge in [0, 0.05) is 41.9 Å². The minimum atomic E-state index is -0.535. The second-order valence-electron chi connectivity index (χ2n) is 10.9. The molecule has 0 unspecified atom stereocenters. The Hall–Kier alpha value is -3.76. The van der Waals surface area contributed by atoms with Gasteiger partial charge in [-0.2, -0.15) is 10.2 Å². The number of fused-ring (bicyclic) bond motifs is 1. The number of carbonyl (C=O) groups is 2. The number of methoxy groups -OCH3 is 1. The van der Waals surface area contributed by atoms with Crippen LogP contribution >= 0.6 is 0 Å². The number of halogens is 1. The van der Waals surface area contributed by atoms with Crippen molar-refractivity contribution in [2.24, 2.45) is 11.8 Å². The van der Waals surface area contributed by atoms with Gasteiger partial charge in [-0.1, -0.05) is 0 Å². The van der Waals surface area contributed by atoms with Gasteiger partial charge >= 0.3 is 0 Å². The predicted octanol–water partition coefficient (Wildman–Crippen LogP) is 2.96. The van der Waals surface area contributed by atoms with Gasteiger partial charge in [-0.25, -0.2) is 9.37 Å². The van der Waals surface area contributed by atoms with Gasteiger partial charge < -0.3 is 15.0 Å². The number of hydrogen-bond acceptors (Lipinski definition) is 6. The summed E-state index contributed by atoms with van der Waals surface area (Å²) >= 11 is 0. The van der Waals surface area contributed by atoms with Gasteiger partial charge in [-0.15, -0.1) is 0 Å². The summed E-state index contributed by atoms with van der Waals surface area (Å²) in [6, 6.07) is 3.03. The highest BCUT2D eigenvalue weighted by Gasteiger charge is 2.54. The molecule has 11 heteroatoms. The number of H-pyrrole nitrogens is 2. The van der Waals surface area contributed by atoms with E-state index in [4.69, 9.17) is 4.74 Å². The summed E-state index contributed by atoms with van der Waals surface area (Å²) in [4.78, 5) is 32.3. The summed E-state index contributed by atoms with van der Waals surface area (Å²) in [6.07, 6.45) is 7.05. The molecule has 2 aliphatic carbocycles. The smallest absolute Gasteiger partial charge is 0.274 e.